The third-order valence-corrected chi connectivity index (χ3v) is 2.19. The molecule has 0 aromatic heterocycles. The highest BCUT2D eigenvalue weighted by Gasteiger charge is 2.37. The molecule has 3 nitrogen and oxygen atoms in total. The van der Waals surface area contributed by atoms with Crippen molar-refractivity contribution in [1.29, 1.82) is 0 Å². The van der Waals surface area contributed by atoms with E-state index in [1.54, 1.807) is 12.2 Å². The second-order valence-electron chi connectivity index (χ2n) is 3.34. The average molecular weight is 208 g/mol. The van der Waals surface area contributed by atoms with Crippen LogP contribution in [0.2, 0.25) is 0 Å². The molecule has 0 amide bonds. The zero-order valence-corrected chi connectivity index (χ0v) is 9.32. The van der Waals surface area contributed by atoms with Crippen molar-refractivity contribution in [2.45, 2.75) is 19.6 Å². The lowest BCUT2D eigenvalue weighted by Gasteiger charge is -2.28. The molecule has 1 atom stereocenters. The van der Waals surface area contributed by atoms with Gasteiger partial charge in [-0.1, -0.05) is 18.2 Å². The Morgan fingerprint density at radius 3 is 2.80 bits per heavy atom. The van der Waals surface area contributed by atoms with Crippen molar-refractivity contribution >= 4 is 5.78 Å². The van der Waals surface area contributed by atoms with Crippen molar-refractivity contribution in [3.05, 3.63) is 36.0 Å². The molecule has 0 saturated carbocycles. The summed E-state index contributed by atoms with van der Waals surface area (Å²) in [5.41, 5.74) is 0.955. The van der Waals surface area contributed by atoms with Gasteiger partial charge in [-0.05, 0) is 31.6 Å². The summed E-state index contributed by atoms with van der Waals surface area (Å²) < 4.78 is 10.6. The van der Waals surface area contributed by atoms with Crippen LogP contribution in [0.5, 0.6) is 0 Å². The second-order valence-corrected chi connectivity index (χ2v) is 3.34. The lowest BCUT2D eigenvalue weighted by Crippen LogP contribution is -2.42. The molecule has 82 valence electrons. The van der Waals surface area contributed by atoms with E-state index < -0.39 is 5.79 Å². The van der Waals surface area contributed by atoms with E-state index in [0.717, 1.165) is 5.57 Å². The molecule has 1 aliphatic rings. The fourth-order valence-electron chi connectivity index (χ4n) is 1.34. The van der Waals surface area contributed by atoms with Crippen molar-refractivity contribution in [3.8, 4) is 0 Å². The van der Waals surface area contributed by atoms with Gasteiger partial charge < -0.3 is 9.47 Å². The monoisotopic (exact) mass is 208 g/mol. The van der Waals surface area contributed by atoms with E-state index in [1.165, 1.54) is 13.2 Å². The van der Waals surface area contributed by atoms with Crippen LogP contribution >= 0.6 is 0 Å². The lowest BCUT2D eigenvalue weighted by molar-refractivity contribution is -0.187. The third kappa shape index (κ3) is 2.64. The average Bonchev–Trinajstić information content (AvgIpc) is 2.23. The van der Waals surface area contributed by atoms with Gasteiger partial charge in [0.1, 0.15) is 0 Å². The summed E-state index contributed by atoms with van der Waals surface area (Å²) >= 11 is 0. The van der Waals surface area contributed by atoms with E-state index in [0.29, 0.717) is 6.61 Å². The van der Waals surface area contributed by atoms with E-state index in [-0.39, 0.29) is 5.78 Å². The number of ether oxygens (including phenoxy) is 2. The molecular weight excluding hydrogens is 192 g/mol. The lowest BCUT2D eigenvalue weighted by atomic mass is 10.0. The van der Waals surface area contributed by atoms with Crippen molar-refractivity contribution in [2.75, 3.05) is 13.7 Å². The number of allylic oxidation sites excluding steroid dienone is 3. The standard InChI is InChI=1S/C12H16O3/c1-4-5-8-15-12(14-3)9-10(2)6-7-11(12)13/h4-7,9H,8H2,1-3H3/b5-4+. The van der Waals surface area contributed by atoms with Crippen LogP contribution in [0.3, 0.4) is 0 Å². The number of hydrogen-bond acceptors (Lipinski definition) is 3. The van der Waals surface area contributed by atoms with Gasteiger partial charge in [-0.2, -0.15) is 0 Å². The number of ketones is 1. The van der Waals surface area contributed by atoms with Crippen molar-refractivity contribution in [3.63, 3.8) is 0 Å². The maximum atomic E-state index is 11.7. The Morgan fingerprint density at radius 1 is 1.47 bits per heavy atom. The summed E-state index contributed by atoms with van der Waals surface area (Å²) in [6, 6.07) is 0. The molecule has 1 aliphatic carbocycles. The Bertz CT molecular complexity index is 326. The van der Waals surface area contributed by atoms with Gasteiger partial charge in [0.2, 0.25) is 5.78 Å². The van der Waals surface area contributed by atoms with Crippen LogP contribution in [-0.4, -0.2) is 25.3 Å². The van der Waals surface area contributed by atoms with E-state index in [2.05, 4.69) is 0 Å². The molecule has 0 N–H and O–H groups in total. The largest absolute Gasteiger partial charge is 0.344 e. The van der Waals surface area contributed by atoms with Crippen LogP contribution in [0, 0.1) is 0 Å². The minimum Gasteiger partial charge on any atom is -0.344 e. The van der Waals surface area contributed by atoms with E-state index >= 15 is 0 Å². The first-order valence-corrected chi connectivity index (χ1v) is 4.87. The van der Waals surface area contributed by atoms with E-state index in [9.17, 15) is 4.79 Å². The predicted molar refractivity (Wildman–Crippen MR) is 58.4 cm³/mol. The molecule has 0 spiro atoms. The number of carbonyl (C=O) groups excluding carboxylic acids is 1. The number of hydrogen-bond donors (Lipinski definition) is 0. The Hall–Kier alpha value is -1.19. The zero-order valence-electron chi connectivity index (χ0n) is 9.32. The zero-order chi connectivity index (χ0) is 11.3. The Balaban J connectivity index is 2.83. The van der Waals surface area contributed by atoms with Crippen LogP contribution < -0.4 is 0 Å². The highest BCUT2D eigenvalue weighted by Crippen LogP contribution is 2.23. The first kappa shape index (κ1) is 11.9. The molecule has 0 heterocycles. The maximum Gasteiger partial charge on any atom is 0.254 e. The van der Waals surface area contributed by atoms with Crippen molar-refractivity contribution in [2.24, 2.45) is 0 Å². The van der Waals surface area contributed by atoms with Crippen LogP contribution in [0.15, 0.2) is 36.0 Å². The minimum absolute atomic E-state index is 0.180. The van der Waals surface area contributed by atoms with Gasteiger partial charge in [-0.15, -0.1) is 0 Å². The SMILES string of the molecule is C/C=C/COC1(OC)C=C(C)C=CC1=O. The molecule has 1 unspecified atom stereocenters. The molecule has 0 radical (unpaired) electrons. The van der Waals surface area contributed by atoms with Gasteiger partial charge in [-0.25, -0.2) is 0 Å². The maximum absolute atomic E-state index is 11.7. The normalized spacial score (nSPS) is 26.1. The van der Waals surface area contributed by atoms with Gasteiger partial charge >= 0.3 is 0 Å². The highest BCUT2D eigenvalue weighted by molar-refractivity contribution is 5.99. The number of methoxy groups -OCH3 is 1. The fourth-order valence-corrected chi connectivity index (χ4v) is 1.34. The topological polar surface area (TPSA) is 35.5 Å². The molecule has 0 aliphatic heterocycles. The Kier molecular flexibility index (Phi) is 4.00. The van der Waals surface area contributed by atoms with Crippen molar-refractivity contribution in [1.82, 2.24) is 0 Å². The molecule has 1 rings (SSSR count). The highest BCUT2D eigenvalue weighted by atomic mass is 16.7. The van der Waals surface area contributed by atoms with Gasteiger partial charge in [0, 0.05) is 7.11 Å². The molecular formula is C12H16O3. The van der Waals surface area contributed by atoms with Crippen LogP contribution in [-0.2, 0) is 14.3 Å². The summed E-state index contributed by atoms with van der Waals surface area (Å²) in [7, 11) is 1.47. The summed E-state index contributed by atoms with van der Waals surface area (Å²) in [6.45, 7) is 4.15. The van der Waals surface area contributed by atoms with Crippen LogP contribution in [0.1, 0.15) is 13.8 Å². The summed E-state index contributed by atoms with van der Waals surface area (Å²) in [6.07, 6.45) is 8.62. The fraction of sp³-hybridized carbons (Fsp3) is 0.417. The summed E-state index contributed by atoms with van der Waals surface area (Å²) in [5, 5.41) is 0. The first-order valence-electron chi connectivity index (χ1n) is 4.87. The minimum atomic E-state index is -1.24. The van der Waals surface area contributed by atoms with E-state index in [1.807, 2.05) is 26.0 Å². The second kappa shape index (κ2) is 5.05. The first-order chi connectivity index (χ1) is 7.14. The molecule has 0 aromatic rings. The molecule has 0 bridgehead atoms. The molecule has 0 fully saturated rings. The molecule has 15 heavy (non-hydrogen) atoms. The Morgan fingerprint density at radius 2 is 2.20 bits per heavy atom. The van der Waals surface area contributed by atoms with Gasteiger partial charge in [0.05, 0.1) is 6.61 Å². The Labute approximate surface area is 90.1 Å². The van der Waals surface area contributed by atoms with Gasteiger partial charge in [0.25, 0.3) is 5.79 Å². The summed E-state index contributed by atoms with van der Waals surface area (Å²) in [4.78, 5) is 11.7. The quantitative estimate of drug-likeness (QED) is 0.523. The third-order valence-electron chi connectivity index (χ3n) is 2.19. The summed E-state index contributed by atoms with van der Waals surface area (Å²) in [5.74, 6) is -1.42. The van der Waals surface area contributed by atoms with Gasteiger partial charge in [0.15, 0.2) is 0 Å². The van der Waals surface area contributed by atoms with Gasteiger partial charge in [-0.3, -0.25) is 4.79 Å². The predicted octanol–water partition coefficient (Wildman–Crippen LogP) is 2.01. The molecule has 0 aromatic carbocycles. The smallest absolute Gasteiger partial charge is 0.254 e. The number of rotatable bonds is 4. The number of carbonyl (C=O) groups is 1. The van der Waals surface area contributed by atoms with Crippen LogP contribution in [0.4, 0.5) is 0 Å². The van der Waals surface area contributed by atoms with E-state index in [4.69, 9.17) is 9.47 Å². The van der Waals surface area contributed by atoms with Crippen LogP contribution in [0.25, 0.3) is 0 Å². The van der Waals surface area contributed by atoms with Crippen molar-refractivity contribution < 1.29 is 14.3 Å². The molecule has 3 heteroatoms. The molecule has 0 saturated heterocycles.